The summed E-state index contributed by atoms with van der Waals surface area (Å²) in [5, 5.41) is 3.84. The van der Waals surface area contributed by atoms with E-state index in [1.54, 1.807) is 0 Å². The molecule has 0 amide bonds. The smallest absolute Gasteiger partial charge is 0.341 e. The molecule has 1 saturated heterocycles. The van der Waals surface area contributed by atoms with Crippen molar-refractivity contribution in [1.29, 1.82) is 0 Å². The molecule has 0 radical (unpaired) electrons. The molecule has 1 aliphatic carbocycles. The van der Waals surface area contributed by atoms with E-state index in [-0.39, 0.29) is 5.16 Å². The Bertz CT molecular complexity index is 258. The van der Waals surface area contributed by atoms with Gasteiger partial charge in [-0.1, -0.05) is 26.2 Å². The van der Waals surface area contributed by atoms with Gasteiger partial charge >= 0.3 is 9.28 Å². The van der Waals surface area contributed by atoms with Crippen LogP contribution in [0, 0.1) is 17.8 Å². The predicted molar refractivity (Wildman–Crippen MR) is 72.2 cm³/mol. The van der Waals surface area contributed by atoms with Gasteiger partial charge in [0, 0.05) is 14.2 Å². The number of fused-ring (bicyclic) bond motifs is 1. The maximum atomic E-state index is 5.69. The summed E-state index contributed by atoms with van der Waals surface area (Å²) in [6.07, 6.45) is 5.51. The minimum absolute atomic E-state index is 0.103. The zero-order chi connectivity index (χ0) is 12.5. The van der Waals surface area contributed by atoms with Crippen LogP contribution in [0.3, 0.4) is 0 Å². The van der Waals surface area contributed by atoms with Crippen molar-refractivity contribution in [3.63, 3.8) is 0 Å². The number of hydrogen-bond acceptors (Lipinski definition) is 3. The van der Waals surface area contributed by atoms with Crippen molar-refractivity contribution in [3.05, 3.63) is 0 Å². The second kappa shape index (κ2) is 5.39. The van der Waals surface area contributed by atoms with Gasteiger partial charge in [-0.05, 0) is 37.6 Å². The van der Waals surface area contributed by atoms with Gasteiger partial charge in [0.15, 0.2) is 0 Å². The van der Waals surface area contributed by atoms with Gasteiger partial charge in [-0.2, -0.15) is 0 Å². The Hall–Kier alpha value is 0.0969. The first-order valence-corrected chi connectivity index (χ1v) is 8.46. The highest BCUT2D eigenvalue weighted by atomic mass is 28.3. The van der Waals surface area contributed by atoms with E-state index in [0.717, 1.165) is 24.3 Å². The van der Waals surface area contributed by atoms with Crippen molar-refractivity contribution in [3.8, 4) is 0 Å². The third kappa shape index (κ3) is 2.32. The second-order valence-corrected chi connectivity index (χ2v) is 8.80. The lowest BCUT2D eigenvalue weighted by molar-refractivity contribution is 0.0446. The molecule has 100 valence electrons. The zero-order valence-corrected chi connectivity index (χ0v) is 12.8. The van der Waals surface area contributed by atoms with Crippen LogP contribution < -0.4 is 5.32 Å². The van der Waals surface area contributed by atoms with Gasteiger partial charge in [0.1, 0.15) is 0 Å². The fraction of sp³-hybridized carbons (Fsp3) is 1.00. The summed E-state index contributed by atoms with van der Waals surface area (Å²) in [7, 11) is 1.99. The van der Waals surface area contributed by atoms with E-state index in [4.69, 9.17) is 8.85 Å². The van der Waals surface area contributed by atoms with Gasteiger partial charge < -0.3 is 14.2 Å². The van der Waals surface area contributed by atoms with Crippen molar-refractivity contribution in [1.82, 2.24) is 5.32 Å². The van der Waals surface area contributed by atoms with Crippen LogP contribution in [0.2, 0.25) is 0 Å². The Morgan fingerprint density at radius 1 is 1.18 bits per heavy atom. The molecule has 2 fully saturated rings. The van der Waals surface area contributed by atoms with Gasteiger partial charge in [0.2, 0.25) is 0 Å². The summed E-state index contributed by atoms with van der Waals surface area (Å²) in [4.78, 5) is 0. The number of rotatable bonds is 3. The summed E-state index contributed by atoms with van der Waals surface area (Å²) in [5.41, 5.74) is 0. The second-order valence-electron chi connectivity index (χ2n) is 6.00. The van der Waals surface area contributed by atoms with E-state index in [1.807, 2.05) is 14.2 Å². The number of hydrogen-bond donors (Lipinski definition) is 1. The molecule has 1 N–H and O–H groups in total. The van der Waals surface area contributed by atoms with E-state index >= 15 is 0 Å². The molecule has 0 bridgehead atoms. The fourth-order valence-electron chi connectivity index (χ4n) is 4.40. The molecule has 2 rings (SSSR count). The van der Waals surface area contributed by atoms with E-state index in [0.29, 0.717) is 0 Å². The first kappa shape index (κ1) is 13.5. The van der Waals surface area contributed by atoms with Gasteiger partial charge in [0.05, 0.1) is 5.16 Å². The first-order chi connectivity index (χ1) is 8.13. The lowest BCUT2D eigenvalue weighted by Crippen LogP contribution is -2.67. The first-order valence-electron chi connectivity index (χ1n) is 6.94. The third-order valence-electron chi connectivity index (χ3n) is 4.99. The summed E-state index contributed by atoms with van der Waals surface area (Å²) in [6, 6.07) is 0. The molecule has 0 aromatic rings. The normalized spacial score (nSPS) is 42.5. The molecule has 1 heterocycles. The average Bonchev–Trinajstić information content (AvgIpc) is 2.30. The van der Waals surface area contributed by atoms with E-state index < -0.39 is 9.28 Å². The average molecular weight is 257 g/mol. The summed E-state index contributed by atoms with van der Waals surface area (Å²) < 4.78 is 11.4. The van der Waals surface area contributed by atoms with Crippen molar-refractivity contribution in [2.75, 3.05) is 20.8 Å². The predicted octanol–water partition coefficient (Wildman–Crippen LogP) is 1.84. The topological polar surface area (TPSA) is 30.5 Å². The quantitative estimate of drug-likeness (QED) is 0.783. The zero-order valence-electron chi connectivity index (χ0n) is 11.7. The lowest BCUT2D eigenvalue weighted by Gasteiger charge is -2.53. The van der Waals surface area contributed by atoms with Crippen molar-refractivity contribution in [2.24, 2.45) is 17.8 Å². The molecule has 0 aromatic heterocycles. The summed E-state index contributed by atoms with van der Waals surface area (Å²) >= 11 is 0. The van der Waals surface area contributed by atoms with Crippen LogP contribution >= 0.6 is 0 Å². The summed E-state index contributed by atoms with van der Waals surface area (Å²) in [5.74, 6) is 2.42. The van der Waals surface area contributed by atoms with Crippen LogP contribution in [0.4, 0.5) is 0 Å². The van der Waals surface area contributed by atoms with Crippen LogP contribution in [-0.2, 0) is 8.85 Å². The summed E-state index contributed by atoms with van der Waals surface area (Å²) in [6.45, 7) is 5.88. The molecule has 4 unspecified atom stereocenters. The lowest BCUT2D eigenvalue weighted by atomic mass is 9.66. The fourth-order valence-corrected chi connectivity index (χ4v) is 6.80. The van der Waals surface area contributed by atoms with E-state index in [1.165, 1.54) is 25.7 Å². The molecule has 1 saturated carbocycles. The Labute approximate surface area is 107 Å². The highest BCUT2D eigenvalue weighted by Crippen LogP contribution is 2.45. The van der Waals surface area contributed by atoms with Crippen LogP contribution in [0.1, 0.15) is 39.5 Å². The maximum absolute atomic E-state index is 5.69. The Kier molecular flexibility index (Phi) is 4.29. The highest BCUT2D eigenvalue weighted by molar-refractivity contribution is 6.48. The van der Waals surface area contributed by atoms with Gasteiger partial charge in [-0.15, -0.1) is 0 Å². The maximum Gasteiger partial charge on any atom is 0.341 e. The SMILES string of the molecule is CO[SiH](OC)C1(C)NCCC2CCCC(C)C21. The minimum Gasteiger partial charge on any atom is -0.399 e. The Morgan fingerprint density at radius 3 is 2.53 bits per heavy atom. The molecule has 1 aliphatic heterocycles. The highest BCUT2D eigenvalue weighted by Gasteiger charge is 2.52. The molecule has 0 spiro atoms. The van der Waals surface area contributed by atoms with Crippen LogP contribution in [0.25, 0.3) is 0 Å². The molecular formula is C13H27NO2Si. The van der Waals surface area contributed by atoms with Crippen LogP contribution in [0.15, 0.2) is 0 Å². The monoisotopic (exact) mass is 257 g/mol. The molecular weight excluding hydrogens is 230 g/mol. The van der Waals surface area contributed by atoms with Crippen LogP contribution in [0.5, 0.6) is 0 Å². The molecule has 4 atom stereocenters. The molecule has 4 heteroatoms. The molecule has 17 heavy (non-hydrogen) atoms. The third-order valence-corrected chi connectivity index (χ3v) is 7.41. The molecule has 0 aromatic carbocycles. The molecule has 3 nitrogen and oxygen atoms in total. The Morgan fingerprint density at radius 2 is 1.88 bits per heavy atom. The van der Waals surface area contributed by atoms with Crippen LogP contribution in [-0.4, -0.2) is 35.2 Å². The van der Waals surface area contributed by atoms with E-state index in [9.17, 15) is 0 Å². The number of piperidine rings is 1. The minimum atomic E-state index is -1.63. The van der Waals surface area contributed by atoms with E-state index in [2.05, 4.69) is 19.2 Å². The van der Waals surface area contributed by atoms with Crippen molar-refractivity contribution in [2.45, 2.75) is 44.7 Å². The largest absolute Gasteiger partial charge is 0.399 e. The Balaban J connectivity index is 2.24. The number of nitrogens with one attached hydrogen (secondary N) is 1. The van der Waals surface area contributed by atoms with Crippen molar-refractivity contribution >= 4 is 9.28 Å². The van der Waals surface area contributed by atoms with Gasteiger partial charge in [-0.25, -0.2) is 0 Å². The standard InChI is InChI=1S/C13H27NO2Si/c1-10-6-5-7-11-8-9-14-13(2,12(10)11)17(15-3)16-4/h10-12,14,17H,5-9H2,1-4H3. The molecule has 2 aliphatic rings. The van der Waals surface area contributed by atoms with Gasteiger partial charge in [-0.3, -0.25) is 0 Å². The van der Waals surface area contributed by atoms with Crippen molar-refractivity contribution < 1.29 is 8.85 Å². The van der Waals surface area contributed by atoms with Gasteiger partial charge in [0.25, 0.3) is 0 Å².